The van der Waals surface area contributed by atoms with Gasteiger partial charge in [0.2, 0.25) is 10.0 Å². The summed E-state index contributed by atoms with van der Waals surface area (Å²) in [5, 5.41) is 3.27. The Kier molecular flexibility index (Phi) is 6.08. The molecule has 1 atom stereocenters. The molecular weight excluding hydrogens is 372 g/mol. The molecule has 0 radical (unpaired) electrons. The van der Waals surface area contributed by atoms with Crippen LogP contribution >= 0.6 is 15.9 Å². The Morgan fingerprint density at radius 3 is 2.64 bits per heavy atom. The molecule has 0 aliphatic carbocycles. The molecule has 1 aliphatic heterocycles. The molecule has 2 N–H and O–H groups in total. The molecule has 0 saturated carbocycles. The molecule has 1 aromatic rings. The van der Waals surface area contributed by atoms with Crippen LogP contribution in [0.15, 0.2) is 21.5 Å². The molecule has 1 aliphatic rings. The van der Waals surface area contributed by atoms with Gasteiger partial charge >= 0.3 is 0 Å². The highest BCUT2D eigenvalue weighted by Gasteiger charge is 2.22. The van der Waals surface area contributed by atoms with Crippen LogP contribution in [-0.2, 0) is 10.0 Å². The van der Waals surface area contributed by atoms with Gasteiger partial charge in [0.05, 0.1) is 18.7 Å². The Balaban J connectivity index is 2.12. The predicted molar refractivity (Wildman–Crippen MR) is 88.0 cm³/mol. The fourth-order valence-electron chi connectivity index (χ4n) is 2.48. The summed E-state index contributed by atoms with van der Waals surface area (Å²) < 4.78 is 38.5. The Hall–Kier alpha value is -0.830. The molecule has 1 aromatic carbocycles. The van der Waals surface area contributed by atoms with Crippen LogP contribution in [0.2, 0.25) is 0 Å². The summed E-state index contributed by atoms with van der Waals surface area (Å²) in [5.74, 6) is 1.31. The first-order valence-electron chi connectivity index (χ1n) is 7.10. The summed E-state index contributed by atoms with van der Waals surface area (Å²) >= 11 is 3.30. The third-order valence-corrected chi connectivity index (χ3v) is 5.84. The smallest absolute Gasteiger partial charge is 0.244 e. The average molecular weight is 393 g/mol. The van der Waals surface area contributed by atoms with Crippen LogP contribution in [0, 0.1) is 5.92 Å². The molecule has 1 heterocycles. The van der Waals surface area contributed by atoms with Gasteiger partial charge in [-0.3, -0.25) is 0 Å². The van der Waals surface area contributed by atoms with E-state index in [9.17, 15) is 8.42 Å². The molecule has 22 heavy (non-hydrogen) atoms. The van der Waals surface area contributed by atoms with Crippen molar-refractivity contribution >= 4 is 26.0 Å². The highest BCUT2D eigenvalue weighted by molar-refractivity contribution is 9.10. The zero-order chi connectivity index (χ0) is 16.2. The van der Waals surface area contributed by atoms with Crippen molar-refractivity contribution in [2.45, 2.75) is 17.7 Å². The number of ether oxygens (including phenoxy) is 2. The second-order valence-electron chi connectivity index (χ2n) is 5.18. The van der Waals surface area contributed by atoms with E-state index in [0.29, 0.717) is 22.7 Å². The maximum absolute atomic E-state index is 12.5. The summed E-state index contributed by atoms with van der Waals surface area (Å²) in [7, 11) is -0.671. The van der Waals surface area contributed by atoms with E-state index in [0.717, 1.165) is 25.9 Å². The number of hydrogen-bond acceptors (Lipinski definition) is 5. The van der Waals surface area contributed by atoms with Crippen molar-refractivity contribution in [3.8, 4) is 11.5 Å². The minimum Gasteiger partial charge on any atom is -0.495 e. The van der Waals surface area contributed by atoms with Gasteiger partial charge < -0.3 is 14.8 Å². The summed E-state index contributed by atoms with van der Waals surface area (Å²) in [4.78, 5) is 0.104. The molecule has 0 aromatic heterocycles. The molecular formula is C14H21BrN2O4S. The number of methoxy groups -OCH3 is 2. The van der Waals surface area contributed by atoms with E-state index in [4.69, 9.17) is 9.47 Å². The van der Waals surface area contributed by atoms with Gasteiger partial charge in [-0.15, -0.1) is 0 Å². The van der Waals surface area contributed by atoms with Crippen molar-refractivity contribution in [2.24, 2.45) is 5.92 Å². The van der Waals surface area contributed by atoms with Crippen LogP contribution in [0.25, 0.3) is 0 Å². The normalized spacial score (nSPS) is 18.4. The highest BCUT2D eigenvalue weighted by Crippen LogP contribution is 2.35. The van der Waals surface area contributed by atoms with Crippen LogP contribution in [0.4, 0.5) is 0 Å². The van der Waals surface area contributed by atoms with Gasteiger partial charge in [-0.1, -0.05) is 0 Å². The number of benzene rings is 1. The summed E-state index contributed by atoms with van der Waals surface area (Å²) in [6.07, 6.45) is 1.92. The van der Waals surface area contributed by atoms with E-state index in [-0.39, 0.29) is 10.6 Å². The Morgan fingerprint density at radius 1 is 1.32 bits per heavy atom. The Labute approximate surface area is 139 Å². The van der Waals surface area contributed by atoms with Crippen LogP contribution in [0.5, 0.6) is 11.5 Å². The van der Waals surface area contributed by atoms with Gasteiger partial charge in [-0.25, -0.2) is 13.1 Å². The molecule has 1 saturated heterocycles. The second-order valence-corrected chi connectivity index (χ2v) is 7.77. The molecule has 0 amide bonds. The summed E-state index contributed by atoms with van der Waals surface area (Å²) in [6, 6.07) is 3.05. The van der Waals surface area contributed by atoms with Gasteiger partial charge in [-0.05, 0) is 53.8 Å². The minimum absolute atomic E-state index is 0.104. The molecule has 1 fully saturated rings. The van der Waals surface area contributed by atoms with Crippen molar-refractivity contribution < 1.29 is 17.9 Å². The zero-order valence-corrected chi connectivity index (χ0v) is 15.1. The van der Waals surface area contributed by atoms with Crippen molar-refractivity contribution in [1.29, 1.82) is 0 Å². The number of nitrogens with one attached hydrogen (secondary N) is 2. The topological polar surface area (TPSA) is 76.7 Å². The third kappa shape index (κ3) is 4.13. The lowest BCUT2D eigenvalue weighted by molar-refractivity contribution is 0.384. The molecule has 2 rings (SSSR count). The number of halogens is 1. The van der Waals surface area contributed by atoms with Crippen molar-refractivity contribution in [2.75, 3.05) is 33.9 Å². The van der Waals surface area contributed by atoms with Crippen molar-refractivity contribution in [3.05, 3.63) is 16.6 Å². The van der Waals surface area contributed by atoms with Crippen LogP contribution in [0.3, 0.4) is 0 Å². The van der Waals surface area contributed by atoms with Crippen molar-refractivity contribution in [1.82, 2.24) is 10.0 Å². The lowest BCUT2D eigenvalue weighted by Crippen LogP contribution is -2.27. The van der Waals surface area contributed by atoms with E-state index in [1.54, 1.807) is 6.07 Å². The lowest BCUT2D eigenvalue weighted by atomic mass is 10.1. The Bertz CT molecular complexity index is 616. The van der Waals surface area contributed by atoms with E-state index in [2.05, 4.69) is 26.0 Å². The van der Waals surface area contributed by atoms with Gasteiger partial charge in [0.1, 0.15) is 16.4 Å². The largest absolute Gasteiger partial charge is 0.495 e. The van der Waals surface area contributed by atoms with E-state index >= 15 is 0 Å². The highest BCUT2D eigenvalue weighted by atomic mass is 79.9. The van der Waals surface area contributed by atoms with Gasteiger partial charge in [0.25, 0.3) is 0 Å². The first kappa shape index (κ1) is 17.5. The van der Waals surface area contributed by atoms with E-state index < -0.39 is 10.0 Å². The monoisotopic (exact) mass is 392 g/mol. The molecule has 1 unspecified atom stereocenters. The maximum atomic E-state index is 12.5. The SMILES string of the molecule is COc1cc(OC)c(S(=O)(=O)NCCC2CCNC2)cc1Br. The number of hydrogen-bond donors (Lipinski definition) is 2. The number of rotatable bonds is 7. The van der Waals surface area contributed by atoms with Gasteiger partial charge in [0.15, 0.2) is 0 Å². The summed E-state index contributed by atoms with van der Waals surface area (Å²) in [6.45, 7) is 2.39. The van der Waals surface area contributed by atoms with E-state index in [1.807, 2.05) is 0 Å². The van der Waals surface area contributed by atoms with Crippen LogP contribution in [-0.4, -0.2) is 42.3 Å². The second kappa shape index (κ2) is 7.63. The molecule has 0 bridgehead atoms. The Morgan fingerprint density at radius 2 is 2.05 bits per heavy atom. The third-order valence-electron chi connectivity index (χ3n) is 3.73. The lowest BCUT2D eigenvalue weighted by Gasteiger charge is -2.14. The van der Waals surface area contributed by atoms with Crippen molar-refractivity contribution in [3.63, 3.8) is 0 Å². The average Bonchev–Trinajstić information content (AvgIpc) is 3.00. The van der Waals surface area contributed by atoms with Gasteiger partial charge in [0, 0.05) is 12.6 Å². The molecule has 124 valence electrons. The maximum Gasteiger partial charge on any atom is 0.244 e. The quantitative estimate of drug-likeness (QED) is 0.738. The first-order valence-corrected chi connectivity index (χ1v) is 9.37. The van der Waals surface area contributed by atoms with E-state index in [1.165, 1.54) is 20.3 Å². The standard InChI is InChI=1S/C14H21BrN2O4S/c1-20-12-8-13(21-2)14(7-11(12)15)22(18,19)17-6-4-10-3-5-16-9-10/h7-8,10,16-17H,3-6,9H2,1-2H3. The summed E-state index contributed by atoms with van der Waals surface area (Å²) in [5.41, 5.74) is 0. The zero-order valence-electron chi connectivity index (χ0n) is 12.7. The number of sulfonamides is 1. The first-order chi connectivity index (χ1) is 10.5. The molecule has 8 heteroatoms. The van der Waals surface area contributed by atoms with Crippen LogP contribution < -0.4 is 19.5 Å². The van der Waals surface area contributed by atoms with Crippen LogP contribution in [0.1, 0.15) is 12.8 Å². The fourth-order valence-corrected chi connectivity index (χ4v) is 4.36. The predicted octanol–water partition coefficient (Wildman–Crippen LogP) is 1.74. The van der Waals surface area contributed by atoms with Gasteiger partial charge in [-0.2, -0.15) is 0 Å². The molecule has 0 spiro atoms. The minimum atomic E-state index is -3.62. The molecule has 6 nitrogen and oxygen atoms in total. The fraction of sp³-hybridized carbons (Fsp3) is 0.571.